The molecule has 9 nitrogen and oxygen atoms in total. The minimum atomic E-state index is -0.238. The van der Waals surface area contributed by atoms with Crippen molar-refractivity contribution in [1.82, 2.24) is 24.5 Å². The summed E-state index contributed by atoms with van der Waals surface area (Å²) in [5.74, 6) is 0.200. The molecule has 0 radical (unpaired) electrons. The molecule has 0 fully saturated rings. The molecule has 0 aliphatic rings. The smallest absolute Gasteiger partial charge is 0.269 e. The van der Waals surface area contributed by atoms with Crippen LogP contribution in [0.1, 0.15) is 28.7 Å². The zero-order valence-electron chi connectivity index (χ0n) is 19.4. The third kappa shape index (κ3) is 4.71. The van der Waals surface area contributed by atoms with Gasteiger partial charge in [-0.3, -0.25) is 19.9 Å². The fourth-order valence-corrected chi connectivity index (χ4v) is 4.77. The maximum Gasteiger partial charge on any atom is 0.269 e. The lowest BCUT2D eigenvalue weighted by Gasteiger charge is -2.10. The molecule has 0 atom stereocenters. The highest BCUT2D eigenvalue weighted by Crippen LogP contribution is 2.29. The van der Waals surface area contributed by atoms with Crippen molar-refractivity contribution in [3.63, 3.8) is 0 Å². The maximum absolute atomic E-state index is 13.1. The Morgan fingerprint density at radius 1 is 1.20 bits per heavy atom. The predicted molar refractivity (Wildman–Crippen MR) is 137 cm³/mol. The highest BCUT2D eigenvalue weighted by atomic mass is 32.1. The minimum absolute atomic E-state index is 0.233. The van der Waals surface area contributed by atoms with Gasteiger partial charge >= 0.3 is 0 Å². The first-order valence-corrected chi connectivity index (χ1v) is 12.2. The second-order valence-electron chi connectivity index (χ2n) is 8.01. The van der Waals surface area contributed by atoms with E-state index in [9.17, 15) is 9.59 Å². The number of ether oxygens (including phenoxy) is 1. The second kappa shape index (κ2) is 9.77. The van der Waals surface area contributed by atoms with E-state index in [1.54, 1.807) is 31.5 Å². The highest BCUT2D eigenvalue weighted by molar-refractivity contribution is 7.17. The summed E-state index contributed by atoms with van der Waals surface area (Å²) in [6.07, 6.45) is 4.25. The Labute approximate surface area is 204 Å². The number of carbonyl (C=O) groups is 1. The predicted octanol–water partition coefficient (Wildman–Crippen LogP) is 4.38. The van der Waals surface area contributed by atoms with Crippen LogP contribution in [0.15, 0.2) is 53.6 Å². The third-order valence-electron chi connectivity index (χ3n) is 5.61. The van der Waals surface area contributed by atoms with Gasteiger partial charge in [0.15, 0.2) is 0 Å². The number of fused-ring (bicyclic) bond motifs is 2. The van der Waals surface area contributed by atoms with Crippen LogP contribution >= 0.6 is 11.3 Å². The normalized spacial score (nSPS) is 11.4. The number of amides is 1. The minimum Gasteiger partial charge on any atom is -0.382 e. The summed E-state index contributed by atoms with van der Waals surface area (Å²) in [6.45, 7) is 5.48. The number of nitrogens with one attached hydrogen (secondary N) is 2. The average Bonchev–Trinajstić information content (AvgIpc) is 3.47. The van der Waals surface area contributed by atoms with Gasteiger partial charge in [0.05, 0.1) is 26.9 Å². The number of aromatic nitrogens is 5. The van der Waals surface area contributed by atoms with Crippen LogP contribution in [0.3, 0.4) is 0 Å². The molecule has 1 amide bonds. The average molecular weight is 489 g/mol. The summed E-state index contributed by atoms with van der Waals surface area (Å²) in [7, 11) is 0. The monoisotopic (exact) mass is 488 g/mol. The van der Waals surface area contributed by atoms with Crippen LogP contribution < -0.4 is 10.9 Å². The van der Waals surface area contributed by atoms with Gasteiger partial charge in [0.2, 0.25) is 5.95 Å². The summed E-state index contributed by atoms with van der Waals surface area (Å²) in [5.41, 5.74) is 3.88. The molecule has 0 aliphatic carbocycles. The van der Waals surface area contributed by atoms with Crippen molar-refractivity contribution >= 4 is 45.3 Å². The summed E-state index contributed by atoms with van der Waals surface area (Å²) in [6, 6.07) is 11.2. The zero-order valence-corrected chi connectivity index (χ0v) is 20.2. The highest BCUT2D eigenvalue weighted by Gasteiger charge is 2.18. The Kier molecular flexibility index (Phi) is 6.39. The number of aryl methyl sites for hydroxylation is 2. The Morgan fingerprint density at radius 2 is 2.09 bits per heavy atom. The molecule has 0 aliphatic heterocycles. The summed E-state index contributed by atoms with van der Waals surface area (Å²) >= 11 is 1.40. The van der Waals surface area contributed by atoms with Crippen molar-refractivity contribution in [3.05, 3.63) is 69.7 Å². The Bertz CT molecular complexity index is 1570. The molecule has 0 unspecified atom stereocenters. The van der Waals surface area contributed by atoms with Crippen molar-refractivity contribution in [2.45, 2.75) is 26.8 Å². The van der Waals surface area contributed by atoms with Crippen molar-refractivity contribution in [2.75, 3.05) is 18.5 Å². The molecule has 35 heavy (non-hydrogen) atoms. The van der Waals surface area contributed by atoms with E-state index in [1.807, 2.05) is 35.8 Å². The second-order valence-corrected chi connectivity index (χ2v) is 9.09. The first-order valence-electron chi connectivity index (χ1n) is 11.3. The van der Waals surface area contributed by atoms with Crippen molar-refractivity contribution < 1.29 is 9.53 Å². The molecular weight excluding hydrogens is 464 g/mol. The first-order chi connectivity index (χ1) is 17.0. The van der Waals surface area contributed by atoms with Crippen molar-refractivity contribution in [2.24, 2.45) is 0 Å². The molecule has 5 rings (SSSR count). The first kappa shape index (κ1) is 22.9. The molecule has 0 bridgehead atoms. The lowest BCUT2D eigenvalue weighted by atomic mass is 10.2. The quantitative estimate of drug-likeness (QED) is 0.313. The molecule has 0 saturated heterocycles. The molecule has 0 saturated carbocycles. The van der Waals surface area contributed by atoms with E-state index >= 15 is 0 Å². The number of pyridine rings is 1. The van der Waals surface area contributed by atoms with Crippen molar-refractivity contribution in [1.29, 1.82) is 0 Å². The van der Waals surface area contributed by atoms with Crippen LogP contribution in [0.4, 0.5) is 5.95 Å². The van der Waals surface area contributed by atoms with E-state index in [2.05, 4.69) is 25.3 Å². The van der Waals surface area contributed by atoms with Crippen LogP contribution in [0, 0.1) is 6.92 Å². The van der Waals surface area contributed by atoms with Crippen LogP contribution in [0.5, 0.6) is 0 Å². The lowest BCUT2D eigenvalue weighted by Crippen LogP contribution is -2.15. The standard InChI is InChI=1S/C25H24N6O3S/c1-3-34-11-5-10-31-20-13-18-17(28-23(32)15(2)27-18)12-19(20)29-25(31)30-24(33)22-8-7-21(35-22)16-6-4-9-26-14-16/h4,6-9,12-14H,3,5,10-11H2,1-2H3,(H,28,32)(H,29,30,33). The molecular formula is C25H24N6O3S. The molecule has 0 spiro atoms. The van der Waals surface area contributed by atoms with Gasteiger partial charge in [0.25, 0.3) is 11.5 Å². The van der Waals surface area contributed by atoms with Gasteiger partial charge in [-0.2, -0.15) is 0 Å². The van der Waals surface area contributed by atoms with Crippen LogP contribution in [0.2, 0.25) is 0 Å². The molecule has 10 heteroatoms. The van der Waals surface area contributed by atoms with Gasteiger partial charge in [0, 0.05) is 42.6 Å². The van der Waals surface area contributed by atoms with Crippen LogP contribution in [0.25, 0.3) is 32.5 Å². The van der Waals surface area contributed by atoms with Crippen molar-refractivity contribution in [3.8, 4) is 10.4 Å². The largest absolute Gasteiger partial charge is 0.382 e. The van der Waals surface area contributed by atoms with E-state index in [0.717, 1.165) is 22.4 Å². The van der Waals surface area contributed by atoms with E-state index in [-0.39, 0.29) is 11.5 Å². The number of carbonyl (C=O) groups excluding carboxylic acids is 1. The summed E-state index contributed by atoms with van der Waals surface area (Å²) in [4.78, 5) is 42.8. The molecule has 4 heterocycles. The van der Waals surface area contributed by atoms with E-state index in [1.165, 1.54) is 11.3 Å². The van der Waals surface area contributed by atoms with E-state index < -0.39 is 0 Å². The number of rotatable bonds is 8. The molecule has 178 valence electrons. The lowest BCUT2D eigenvalue weighted by molar-refractivity contribution is 0.102. The number of thiophene rings is 1. The fourth-order valence-electron chi connectivity index (χ4n) is 3.87. The topological polar surface area (TPSA) is 115 Å². The fraction of sp³-hybridized carbons (Fsp3) is 0.240. The van der Waals surface area contributed by atoms with Gasteiger partial charge in [-0.05, 0) is 50.6 Å². The Hall–Kier alpha value is -3.89. The number of hydrogen-bond acceptors (Lipinski definition) is 7. The molecule has 5 aromatic rings. The SMILES string of the molecule is CCOCCCn1c(NC(=O)c2ccc(-c3cccnc3)s2)nc2cc3[nH]c(=O)c(C)nc3cc21. The van der Waals surface area contributed by atoms with Gasteiger partial charge in [-0.1, -0.05) is 6.07 Å². The number of imidazole rings is 1. The number of aromatic amines is 1. The van der Waals surface area contributed by atoms with Crippen LogP contribution in [-0.2, 0) is 11.3 Å². The third-order valence-corrected chi connectivity index (χ3v) is 6.74. The van der Waals surface area contributed by atoms with Gasteiger partial charge in [0.1, 0.15) is 5.69 Å². The zero-order chi connectivity index (χ0) is 24.4. The summed E-state index contributed by atoms with van der Waals surface area (Å²) in [5, 5.41) is 2.97. The Morgan fingerprint density at radius 3 is 2.89 bits per heavy atom. The molecule has 1 aromatic carbocycles. The number of nitrogens with zero attached hydrogens (tertiary/aromatic N) is 4. The summed E-state index contributed by atoms with van der Waals surface area (Å²) < 4.78 is 7.46. The number of hydrogen-bond donors (Lipinski definition) is 2. The molecule has 4 aromatic heterocycles. The molecule has 2 N–H and O–H groups in total. The number of benzene rings is 1. The maximum atomic E-state index is 13.1. The van der Waals surface area contributed by atoms with Crippen LogP contribution in [-0.4, -0.2) is 43.6 Å². The van der Waals surface area contributed by atoms with E-state index in [0.29, 0.717) is 52.8 Å². The van der Waals surface area contributed by atoms with Gasteiger partial charge in [-0.25, -0.2) is 9.97 Å². The van der Waals surface area contributed by atoms with Gasteiger partial charge < -0.3 is 14.3 Å². The van der Waals surface area contributed by atoms with E-state index in [4.69, 9.17) is 4.74 Å². The number of anilines is 1. The van der Waals surface area contributed by atoms with Gasteiger partial charge in [-0.15, -0.1) is 11.3 Å². The number of H-pyrrole nitrogens is 1. The Balaban J connectivity index is 1.50.